The van der Waals surface area contributed by atoms with Crippen molar-refractivity contribution < 1.29 is 9.53 Å². The van der Waals surface area contributed by atoms with Crippen molar-refractivity contribution in [3.05, 3.63) is 0 Å². The molecule has 3 N–H and O–H groups in total. The summed E-state index contributed by atoms with van der Waals surface area (Å²) in [6.07, 6.45) is -0.403. The molecular formula is C9H20ClN3O2. The molecule has 0 bridgehead atoms. The Morgan fingerprint density at radius 1 is 1.53 bits per heavy atom. The lowest BCUT2D eigenvalue weighted by molar-refractivity contribution is 0.114. The van der Waals surface area contributed by atoms with Crippen molar-refractivity contribution in [1.29, 1.82) is 0 Å². The van der Waals surface area contributed by atoms with Crippen molar-refractivity contribution in [2.24, 2.45) is 0 Å². The summed E-state index contributed by atoms with van der Waals surface area (Å²) in [6.45, 7) is 7.11. The van der Waals surface area contributed by atoms with Crippen LogP contribution < -0.4 is 16.0 Å². The molecule has 1 rings (SSSR count). The molecule has 1 aliphatic heterocycles. The highest BCUT2D eigenvalue weighted by Gasteiger charge is 2.13. The minimum atomic E-state index is -0.340. The van der Waals surface area contributed by atoms with E-state index in [9.17, 15) is 4.79 Å². The van der Waals surface area contributed by atoms with E-state index in [1.807, 2.05) is 13.8 Å². The lowest BCUT2D eigenvalue weighted by atomic mass is 10.2. The lowest BCUT2D eigenvalue weighted by Crippen LogP contribution is -2.53. The molecule has 0 aliphatic carbocycles. The molecule has 6 heteroatoms. The van der Waals surface area contributed by atoms with E-state index in [0.717, 1.165) is 19.6 Å². The number of carbonyl (C=O) groups is 1. The number of nitrogens with one attached hydrogen (secondary N) is 3. The van der Waals surface area contributed by atoms with E-state index < -0.39 is 0 Å². The predicted octanol–water partition coefficient (Wildman–Crippen LogP) is 0.104. The third-order valence-electron chi connectivity index (χ3n) is 1.96. The molecule has 1 atom stereocenters. The number of piperazine rings is 1. The van der Waals surface area contributed by atoms with Gasteiger partial charge >= 0.3 is 6.09 Å². The summed E-state index contributed by atoms with van der Waals surface area (Å²) in [6, 6.07) is 0.309. The topological polar surface area (TPSA) is 62.4 Å². The van der Waals surface area contributed by atoms with Gasteiger partial charge in [-0.3, -0.25) is 0 Å². The van der Waals surface area contributed by atoms with Gasteiger partial charge < -0.3 is 20.7 Å². The second kappa shape index (κ2) is 7.73. The van der Waals surface area contributed by atoms with Crippen molar-refractivity contribution in [2.75, 3.05) is 26.2 Å². The molecule has 1 amide bonds. The molecule has 0 aromatic carbocycles. The summed E-state index contributed by atoms with van der Waals surface area (Å²) in [5.41, 5.74) is 0. The lowest BCUT2D eigenvalue weighted by Gasteiger charge is -2.24. The Morgan fingerprint density at radius 2 is 2.27 bits per heavy atom. The van der Waals surface area contributed by atoms with E-state index in [-0.39, 0.29) is 24.6 Å². The van der Waals surface area contributed by atoms with Crippen molar-refractivity contribution in [1.82, 2.24) is 16.0 Å². The van der Waals surface area contributed by atoms with Crippen LogP contribution in [0.1, 0.15) is 13.8 Å². The van der Waals surface area contributed by atoms with E-state index in [0.29, 0.717) is 12.6 Å². The Bertz CT molecular complexity index is 184. The molecule has 0 radical (unpaired) electrons. The Kier molecular flexibility index (Phi) is 7.46. The quantitative estimate of drug-likeness (QED) is 0.652. The molecule has 1 saturated heterocycles. The zero-order valence-corrected chi connectivity index (χ0v) is 10.0. The van der Waals surface area contributed by atoms with Crippen LogP contribution in [0.3, 0.4) is 0 Å². The summed E-state index contributed by atoms with van der Waals surface area (Å²) < 4.78 is 4.94. The van der Waals surface area contributed by atoms with Crippen LogP contribution >= 0.6 is 12.4 Å². The fourth-order valence-electron chi connectivity index (χ4n) is 1.32. The van der Waals surface area contributed by atoms with Crippen molar-refractivity contribution >= 4 is 18.5 Å². The first-order valence-corrected chi connectivity index (χ1v) is 5.07. The molecule has 0 saturated carbocycles. The molecule has 15 heavy (non-hydrogen) atoms. The molecule has 5 nitrogen and oxygen atoms in total. The molecule has 0 spiro atoms. The first-order chi connectivity index (χ1) is 6.68. The second-order valence-corrected chi connectivity index (χ2v) is 3.69. The minimum absolute atomic E-state index is 0. The van der Waals surface area contributed by atoms with Crippen LogP contribution in [0.4, 0.5) is 4.79 Å². The molecule has 90 valence electrons. The van der Waals surface area contributed by atoms with Gasteiger partial charge in [0, 0.05) is 32.2 Å². The van der Waals surface area contributed by atoms with Crippen molar-refractivity contribution in [3.8, 4) is 0 Å². The largest absolute Gasteiger partial charge is 0.447 e. The van der Waals surface area contributed by atoms with Crippen LogP contribution in [-0.2, 0) is 4.74 Å². The third-order valence-corrected chi connectivity index (χ3v) is 1.96. The molecule has 1 fully saturated rings. The van der Waals surface area contributed by atoms with Gasteiger partial charge in [0.05, 0.1) is 6.10 Å². The predicted molar refractivity (Wildman–Crippen MR) is 61.5 cm³/mol. The van der Waals surface area contributed by atoms with Gasteiger partial charge in [-0.25, -0.2) is 4.79 Å². The molecule has 1 heterocycles. The molecule has 1 unspecified atom stereocenters. The Morgan fingerprint density at radius 3 is 2.80 bits per heavy atom. The number of ether oxygens (including phenoxy) is 1. The van der Waals surface area contributed by atoms with E-state index in [2.05, 4.69) is 16.0 Å². The monoisotopic (exact) mass is 237 g/mol. The standard InChI is InChI=1S/C9H19N3O2.ClH/c1-7(2)14-9(13)12-6-8-5-10-3-4-11-8;/h7-8,10-11H,3-6H2,1-2H3,(H,12,13);1H. The Hall–Kier alpha value is -0.520. The smallest absolute Gasteiger partial charge is 0.407 e. The van der Waals surface area contributed by atoms with E-state index in [1.165, 1.54) is 0 Å². The number of rotatable bonds is 3. The fourth-order valence-corrected chi connectivity index (χ4v) is 1.32. The molecule has 0 aromatic rings. The normalized spacial score (nSPS) is 20.6. The van der Waals surface area contributed by atoms with Gasteiger partial charge in [-0.2, -0.15) is 0 Å². The third kappa shape index (κ3) is 6.54. The number of hydrogen-bond donors (Lipinski definition) is 3. The van der Waals surface area contributed by atoms with E-state index >= 15 is 0 Å². The first-order valence-electron chi connectivity index (χ1n) is 5.07. The summed E-state index contributed by atoms with van der Waals surface area (Å²) in [7, 11) is 0. The van der Waals surface area contributed by atoms with Gasteiger partial charge in [-0.15, -0.1) is 12.4 Å². The number of carbonyl (C=O) groups excluding carboxylic acids is 1. The highest BCUT2D eigenvalue weighted by atomic mass is 35.5. The van der Waals surface area contributed by atoms with Crippen LogP contribution in [0.15, 0.2) is 0 Å². The fraction of sp³-hybridized carbons (Fsp3) is 0.889. The van der Waals surface area contributed by atoms with Crippen LogP contribution in [0.5, 0.6) is 0 Å². The Balaban J connectivity index is 0.00000196. The van der Waals surface area contributed by atoms with Crippen molar-refractivity contribution in [3.63, 3.8) is 0 Å². The SMILES string of the molecule is CC(C)OC(=O)NCC1CNCCN1.Cl. The summed E-state index contributed by atoms with van der Waals surface area (Å²) in [4.78, 5) is 11.1. The van der Waals surface area contributed by atoms with Crippen LogP contribution in [0.25, 0.3) is 0 Å². The van der Waals surface area contributed by atoms with E-state index in [4.69, 9.17) is 4.74 Å². The molecular weight excluding hydrogens is 218 g/mol. The molecule has 0 aromatic heterocycles. The van der Waals surface area contributed by atoms with Gasteiger partial charge in [-0.1, -0.05) is 0 Å². The van der Waals surface area contributed by atoms with Gasteiger partial charge in [0.2, 0.25) is 0 Å². The highest BCUT2D eigenvalue weighted by Crippen LogP contribution is 1.89. The zero-order valence-electron chi connectivity index (χ0n) is 9.21. The first kappa shape index (κ1) is 14.5. The maximum atomic E-state index is 11.1. The maximum Gasteiger partial charge on any atom is 0.407 e. The second-order valence-electron chi connectivity index (χ2n) is 3.69. The average molecular weight is 238 g/mol. The van der Waals surface area contributed by atoms with Gasteiger partial charge in [0.1, 0.15) is 0 Å². The van der Waals surface area contributed by atoms with Crippen LogP contribution in [0, 0.1) is 0 Å². The van der Waals surface area contributed by atoms with Gasteiger partial charge in [-0.05, 0) is 13.8 Å². The van der Waals surface area contributed by atoms with Crippen LogP contribution in [-0.4, -0.2) is 44.4 Å². The number of amides is 1. The maximum absolute atomic E-state index is 11.1. The number of hydrogen-bond acceptors (Lipinski definition) is 4. The molecule has 1 aliphatic rings. The zero-order chi connectivity index (χ0) is 10.4. The van der Waals surface area contributed by atoms with Crippen LogP contribution in [0.2, 0.25) is 0 Å². The number of alkyl carbamates (subject to hydrolysis) is 1. The summed E-state index contributed by atoms with van der Waals surface area (Å²) >= 11 is 0. The van der Waals surface area contributed by atoms with Gasteiger partial charge in [0.25, 0.3) is 0 Å². The number of halogens is 1. The Labute approximate surface area is 96.7 Å². The summed E-state index contributed by atoms with van der Waals surface area (Å²) in [5, 5.41) is 9.26. The summed E-state index contributed by atoms with van der Waals surface area (Å²) in [5.74, 6) is 0. The average Bonchev–Trinajstić information content (AvgIpc) is 2.15. The minimum Gasteiger partial charge on any atom is -0.447 e. The van der Waals surface area contributed by atoms with Gasteiger partial charge in [0.15, 0.2) is 0 Å². The van der Waals surface area contributed by atoms with E-state index in [1.54, 1.807) is 0 Å². The van der Waals surface area contributed by atoms with Crippen molar-refractivity contribution in [2.45, 2.75) is 26.0 Å². The highest BCUT2D eigenvalue weighted by molar-refractivity contribution is 5.85.